The number of non-ortho nitro benzene ring substituents is 1. The van der Waals surface area contributed by atoms with Gasteiger partial charge in [0, 0.05) is 23.8 Å². The molecule has 4 rings (SSSR count). The van der Waals surface area contributed by atoms with E-state index >= 15 is 0 Å². The van der Waals surface area contributed by atoms with E-state index in [0.29, 0.717) is 22.8 Å². The minimum Gasteiger partial charge on any atom is -0.493 e. The quantitative estimate of drug-likeness (QED) is 0.155. The maximum atomic E-state index is 13.7. The number of hydrazone groups is 1. The van der Waals surface area contributed by atoms with Crippen molar-refractivity contribution in [2.24, 2.45) is 5.10 Å². The molecule has 4 aromatic rings. The SMILES string of the molecule is COc1ccc(S(=O)(=O)N(CC(=O)N/N=C\c2ccc(-c3ccc([N+](=O)[O-])cc3)o2)c2ccc(C)cc2)cc1OC. The van der Waals surface area contributed by atoms with Crippen molar-refractivity contribution in [3.05, 3.63) is 100 Å². The number of aryl methyl sites for hydroxylation is 1. The van der Waals surface area contributed by atoms with Crippen molar-refractivity contribution >= 4 is 33.5 Å². The first-order valence-electron chi connectivity index (χ1n) is 12.1. The molecule has 3 aromatic carbocycles. The van der Waals surface area contributed by atoms with Gasteiger partial charge in [0.1, 0.15) is 18.1 Å². The smallest absolute Gasteiger partial charge is 0.269 e. The summed E-state index contributed by atoms with van der Waals surface area (Å²) in [6, 6.07) is 19.9. The number of benzene rings is 3. The fourth-order valence-corrected chi connectivity index (χ4v) is 5.23. The first kappa shape index (κ1) is 28.8. The van der Waals surface area contributed by atoms with Crippen LogP contribution in [-0.4, -0.2) is 46.2 Å². The van der Waals surface area contributed by atoms with Crippen molar-refractivity contribution in [1.29, 1.82) is 0 Å². The number of amides is 1. The van der Waals surface area contributed by atoms with E-state index < -0.39 is 27.4 Å². The van der Waals surface area contributed by atoms with E-state index in [1.807, 2.05) is 6.92 Å². The van der Waals surface area contributed by atoms with Gasteiger partial charge in [0.15, 0.2) is 11.5 Å². The van der Waals surface area contributed by atoms with E-state index in [1.54, 1.807) is 48.5 Å². The molecule has 0 aliphatic rings. The normalized spacial score (nSPS) is 11.3. The minimum atomic E-state index is -4.21. The summed E-state index contributed by atoms with van der Waals surface area (Å²) in [6.45, 7) is 1.29. The van der Waals surface area contributed by atoms with E-state index in [9.17, 15) is 23.3 Å². The van der Waals surface area contributed by atoms with Crippen molar-refractivity contribution in [2.75, 3.05) is 25.1 Å². The Morgan fingerprint density at radius 3 is 2.32 bits per heavy atom. The first-order chi connectivity index (χ1) is 19.6. The number of methoxy groups -OCH3 is 2. The molecule has 0 atom stereocenters. The summed E-state index contributed by atoms with van der Waals surface area (Å²) in [5.74, 6) is 0.618. The first-order valence-corrected chi connectivity index (χ1v) is 13.5. The number of nitrogens with one attached hydrogen (secondary N) is 1. The number of rotatable bonds is 11. The number of hydrogen-bond donors (Lipinski definition) is 1. The highest BCUT2D eigenvalue weighted by molar-refractivity contribution is 7.92. The van der Waals surface area contributed by atoms with Crippen LogP contribution in [0.5, 0.6) is 11.5 Å². The van der Waals surface area contributed by atoms with E-state index in [1.165, 1.54) is 50.8 Å². The van der Waals surface area contributed by atoms with Gasteiger partial charge in [0.05, 0.1) is 35.9 Å². The lowest BCUT2D eigenvalue weighted by molar-refractivity contribution is -0.384. The summed E-state index contributed by atoms with van der Waals surface area (Å²) in [6.07, 6.45) is 1.26. The van der Waals surface area contributed by atoms with Crippen molar-refractivity contribution in [1.82, 2.24) is 5.43 Å². The number of sulfonamides is 1. The third kappa shape index (κ3) is 6.70. The Hall–Kier alpha value is -5.17. The predicted octanol–water partition coefficient (Wildman–Crippen LogP) is 4.53. The Bertz CT molecular complexity index is 1680. The average Bonchev–Trinajstić information content (AvgIpc) is 3.45. The largest absolute Gasteiger partial charge is 0.493 e. The average molecular weight is 579 g/mol. The number of nitrogens with zero attached hydrogens (tertiary/aromatic N) is 3. The highest BCUT2D eigenvalue weighted by Gasteiger charge is 2.28. The zero-order valence-electron chi connectivity index (χ0n) is 22.3. The van der Waals surface area contributed by atoms with Gasteiger partial charge in [-0.25, -0.2) is 13.8 Å². The molecule has 1 heterocycles. The highest BCUT2D eigenvalue weighted by Crippen LogP contribution is 2.32. The van der Waals surface area contributed by atoms with Crippen LogP contribution in [0.2, 0.25) is 0 Å². The van der Waals surface area contributed by atoms with Crippen LogP contribution in [0.25, 0.3) is 11.3 Å². The molecule has 0 saturated heterocycles. The van der Waals surface area contributed by atoms with Crippen LogP contribution < -0.4 is 19.2 Å². The predicted molar refractivity (Wildman–Crippen MR) is 152 cm³/mol. The van der Waals surface area contributed by atoms with Crippen molar-refractivity contribution in [3.8, 4) is 22.8 Å². The molecule has 0 bridgehead atoms. The van der Waals surface area contributed by atoms with Gasteiger partial charge < -0.3 is 13.9 Å². The van der Waals surface area contributed by atoms with Crippen molar-refractivity contribution in [2.45, 2.75) is 11.8 Å². The highest BCUT2D eigenvalue weighted by atomic mass is 32.2. The van der Waals surface area contributed by atoms with Crippen molar-refractivity contribution < 1.29 is 32.0 Å². The Kier molecular flexibility index (Phi) is 8.68. The standard InChI is InChI=1S/C28H26N4O8S/c1-19-4-8-21(9-5-19)31(41(36,37)24-13-15-26(38-2)27(16-24)39-3)18-28(33)30-29-17-23-12-14-25(40-23)20-6-10-22(11-7-20)32(34)35/h4-17H,18H2,1-3H3,(H,30,33)/b29-17-. The lowest BCUT2D eigenvalue weighted by Crippen LogP contribution is -2.39. The second kappa shape index (κ2) is 12.3. The number of anilines is 1. The van der Waals surface area contributed by atoms with Crippen LogP contribution >= 0.6 is 0 Å². The zero-order chi connectivity index (χ0) is 29.6. The number of carbonyl (C=O) groups excluding carboxylic acids is 1. The van der Waals surface area contributed by atoms with Crippen LogP contribution in [-0.2, 0) is 14.8 Å². The Balaban J connectivity index is 1.51. The maximum absolute atomic E-state index is 13.7. The number of furan rings is 1. The third-order valence-electron chi connectivity index (χ3n) is 5.92. The molecule has 0 unspecified atom stereocenters. The maximum Gasteiger partial charge on any atom is 0.269 e. The number of nitro groups is 1. The summed E-state index contributed by atoms with van der Waals surface area (Å²) in [5, 5.41) is 14.7. The molecule has 1 amide bonds. The second-order valence-corrected chi connectivity index (χ2v) is 10.5. The van der Waals surface area contributed by atoms with Crippen LogP contribution in [0.1, 0.15) is 11.3 Å². The lowest BCUT2D eigenvalue weighted by Gasteiger charge is -2.24. The molecule has 41 heavy (non-hydrogen) atoms. The molecule has 0 aliphatic heterocycles. The van der Waals surface area contributed by atoms with E-state index in [2.05, 4.69) is 10.5 Å². The fourth-order valence-electron chi connectivity index (χ4n) is 3.79. The van der Waals surface area contributed by atoms with Crippen molar-refractivity contribution in [3.63, 3.8) is 0 Å². The van der Waals surface area contributed by atoms with Gasteiger partial charge in [-0.3, -0.25) is 19.2 Å². The summed E-state index contributed by atoms with van der Waals surface area (Å²) in [4.78, 5) is 23.1. The molecule has 1 N–H and O–H groups in total. The molecule has 0 aliphatic carbocycles. The molecule has 0 saturated carbocycles. The summed E-state index contributed by atoms with van der Waals surface area (Å²) < 4.78 is 44.4. The van der Waals surface area contributed by atoms with Gasteiger partial charge in [-0.1, -0.05) is 17.7 Å². The van der Waals surface area contributed by atoms with Crippen LogP contribution in [0.3, 0.4) is 0 Å². The van der Waals surface area contributed by atoms with E-state index in [-0.39, 0.29) is 22.0 Å². The van der Waals surface area contributed by atoms with Crippen LogP contribution in [0.15, 0.2) is 93.3 Å². The van der Waals surface area contributed by atoms with Gasteiger partial charge in [-0.15, -0.1) is 0 Å². The number of nitro benzene ring substituents is 1. The van der Waals surface area contributed by atoms with E-state index in [4.69, 9.17) is 13.9 Å². The number of ether oxygens (including phenoxy) is 2. The van der Waals surface area contributed by atoms with E-state index in [0.717, 1.165) is 9.87 Å². The second-order valence-electron chi connectivity index (χ2n) is 8.66. The Labute approximate surface area is 236 Å². The van der Waals surface area contributed by atoms with Crippen LogP contribution in [0, 0.1) is 17.0 Å². The molecule has 0 radical (unpaired) electrons. The number of carbonyl (C=O) groups is 1. The monoisotopic (exact) mass is 578 g/mol. The third-order valence-corrected chi connectivity index (χ3v) is 7.69. The molecule has 0 fully saturated rings. The zero-order valence-corrected chi connectivity index (χ0v) is 23.1. The minimum absolute atomic E-state index is 0.0439. The Morgan fingerprint density at radius 2 is 1.68 bits per heavy atom. The van der Waals surface area contributed by atoms with Crippen LogP contribution in [0.4, 0.5) is 11.4 Å². The van der Waals surface area contributed by atoms with Gasteiger partial charge in [-0.05, 0) is 55.5 Å². The van der Waals surface area contributed by atoms with Gasteiger partial charge in [0.25, 0.3) is 21.6 Å². The molecule has 0 spiro atoms. The molecular formula is C28H26N4O8S. The summed E-state index contributed by atoms with van der Waals surface area (Å²) in [7, 11) is -1.37. The lowest BCUT2D eigenvalue weighted by atomic mass is 10.1. The summed E-state index contributed by atoms with van der Waals surface area (Å²) in [5.41, 5.74) is 4.09. The Morgan fingerprint density at radius 1 is 1.00 bits per heavy atom. The molecule has 13 heteroatoms. The van der Waals surface area contributed by atoms with Gasteiger partial charge >= 0.3 is 0 Å². The van der Waals surface area contributed by atoms with Gasteiger partial charge in [0.2, 0.25) is 0 Å². The fraction of sp³-hybridized carbons (Fsp3) is 0.143. The summed E-state index contributed by atoms with van der Waals surface area (Å²) >= 11 is 0. The molecule has 212 valence electrons. The molecule has 12 nitrogen and oxygen atoms in total. The molecule has 1 aromatic heterocycles. The molecular weight excluding hydrogens is 552 g/mol. The topological polar surface area (TPSA) is 154 Å². The van der Waals surface area contributed by atoms with Gasteiger partial charge in [-0.2, -0.15) is 5.10 Å². The number of hydrogen-bond acceptors (Lipinski definition) is 9.